The molecule has 3 aromatic rings. The van der Waals surface area contributed by atoms with E-state index in [1.165, 1.54) is 45.2 Å². The number of hydrogen-bond acceptors (Lipinski definition) is 8. The minimum atomic E-state index is -0.256. The van der Waals surface area contributed by atoms with Gasteiger partial charge >= 0.3 is 0 Å². The Kier molecular flexibility index (Phi) is 11.9. The maximum atomic E-state index is 12.3. The molecular weight excluding hydrogens is 664 g/mol. The van der Waals surface area contributed by atoms with Crippen molar-refractivity contribution in [3.63, 3.8) is 0 Å². The summed E-state index contributed by atoms with van der Waals surface area (Å²) in [6, 6.07) is 27.8. The second-order valence-corrected chi connectivity index (χ2v) is 11.8. The van der Waals surface area contributed by atoms with Gasteiger partial charge in [-0.05, 0) is 23.6 Å². The monoisotopic (exact) mass is 700 g/mol. The van der Waals surface area contributed by atoms with Crippen molar-refractivity contribution in [2.24, 2.45) is 0 Å². The van der Waals surface area contributed by atoms with E-state index in [0.717, 1.165) is 31.4 Å². The van der Waals surface area contributed by atoms with Crippen LogP contribution in [0.1, 0.15) is 30.0 Å². The lowest BCUT2D eigenvalue weighted by Gasteiger charge is -2.06. The second-order valence-electron chi connectivity index (χ2n) is 11.8. The molecule has 0 radical (unpaired) electrons. The van der Waals surface area contributed by atoms with Crippen molar-refractivity contribution in [3.8, 4) is 0 Å². The zero-order chi connectivity index (χ0) is 38.3. The Morgan fingerprint density at radius 1 is 0.462 bits per heavy atom. The summed E-state index contributed by atoms with van der Waals surface area (Å²) in [6.45, 7) is 5.05. The minimum absolute atomic E-state index is 0.162. The Morgan fingerprint density at radius 2 is 0.865 bits per heavy atom. The van der Waals surface area contributed by atoms with E-state index in [9.17, 15) is 38.4 Å². The largest absolute Gasteiger partial charge is 0.282 e. The molecule has 0 unspecified atom stereocenters. The van der Waals surface area contributed by atoms with Gasteiger partial charge in [-0.15, -0.1) is 0 Å². The molecule has 0 spiro atoms. The number of likely N-dealkylation sites (tertiary alicyclic amines) is 1. The Hall–Kier alpha value is -6.82. The van der Waals surface area contributed by atoms with E-state index in [0.29, 0.717) is 27.9 Å². The van der Waals surface area contributed by atoms with Crippen LogP contribution >= 0.6 is 0 Å². The molecule has 7 rings (SSSR count). The zero-order valence-electron chi connectivity index (χ0n) is 29.3. The van der Waals surface area contributed by atoms with Gasteiger partial charge in [0.25, 0.3) is 41.4 Å². The quantitative estimate of drug-likeness (QED) is 0.298. The summed E-state index contributed by atoms with van der Waals surface area (Å²) in [5, 5.41) is 0. The molecule has 0 aromatic heterocycles. The van der Waals surface area contributed by atoms with E-state index in [4.69, 9.17) is 0 Å². The molecule has 1 fully saturated rings. The molecule has 1 saturated heterocycles. The number of hydrogen-bond donors (Lipinski definition) is 0. The highest BCUT2D eigenvalue weighted by Crippen LogP contribution is 2.34. The molecule has 4 aliphatic rings. The molecule has 52 heavy (non-hydrogen) atoms. The Labute approximate surface area is 300 Å². The average molecular weight is 701 g/mol. The van der Waals surface area contributed by atoms with Crippen LogP contribution in [0.3, 0.4) is 0 Å². The Balaban J connectivity index is 0.000000165. The third kappa shape index (κ3) is 8.13. The van der Waals surface area contributed by atoms with E-state index < -0.39 is 0 Å². The van der Waals surface area contributed by atoms with E-state index in [-0.39, 0.29) is 53.7 Å². The first kappa shape index (κ1) is 38.0. The Bertz CT molecular complexity index is 2020. The summed E-state index contributed by atoms with van der Waals surface area (Å²) in [5.74, 6) is -1.82. The van der Waals surface area contributed by atoms with Crippen molar-refractivity contribution in [1.82, 2.24) is 19.6 Å². The van der Waals surface area contributed by atoms with Crippen LogP contribution in [0, 0.1) is 0 Å². The van der Waals surface area contributed by atoms with Crippen molar-refractivity contribution in [1.29, 1.82) is 0 Å². The molecule has 4 heterocycles. The first-order valence-electron chi connectivity index (χ1n) is 15.9. The zero-order valence-corrected chi connectivity index (χ0v) is 29.3. The molecule has 0 atom stereocenters. The van der Waals surface area contributed by atoms with Crippen LogP contribution in [-0.4, -0.2) is 95.0 Å². The number of imide groups is 4. The van der Waals surface area contributed by atoms with Crippen LogP contribution in [0.15, 0.2) is 121 Å². The lowest BCUT2D eigenvalue weighted by molar-refractivity contribution is -0.137. The number of carbonyl (C=O) groups excluding carboxylic acids is 8. The molecule has 12 heteroatoms. The predicted molar refractivity (Wildman–Crippen MR) is 193 cm³/mol. The van der Waals surface area contributed by atoms with Gasteiger partial charge in [0.15, 0.2) is 0 Å². The molecule has 0 saturated carbocycles. The first-order valence-corrected chi connectivity index (χ1v) is 15.9. The van der Waals surface area contributed by atoms with Crippen LogP contribution in [0.4, 0.5) is 0 Å². The van der Waals surface area contributed by atoms with Gasteiger partial charge in [0.2, 0.25) is 5.91 Å². The van der Waals surface area contributed by atoms with Crippen molar-refractivity contribution in [2.75, 3.05) is 28.2 Å². The number of benzene rings is 3. The van der Waals surface area contributed by atoms with Gasteiger partial charge in [0, 0.05) is 51.5 Å². The lowest BCUT2D eigenvalue weighted by Crippen LogP contribution is -2.26. The third-order valence-electron chi connectivity index (χ3n) is 8.29. The van der Waals surface area contributed by atoms with Crippen LogP contribution in [0.2, 0.25) is 0 Å². The predicted octanol–water partition coefficient (Wildman–Crippen LogP) is 3.53. The average Bonchev–Trinajstić information content (AvgIpc) is 3.73. The van der Waals surface area contributed by atoms with Crippen molar-refractivity contribution >= 4 is 64.0 Å². The maximum Gasteiger partial charge on any atom is 0.261 e. The highest BCUT2D eigenvalue weighted by atomic mass is 16.2. The fourth-order valence-electron chi connectivity index (χ4n) is 5.21. The van der Waals surface area contributed by atoms with Gasteiger partial charge in [-0.2, -0.15) is 0 Å². The molecule has 0 bridgehead atoms. The summed E-state index contributed by atoms with van der Waals surface area (Å²) < 4.78 is 0. The molecular formula is C40H36N4O8. The third-order valence-corrected chi connectivity index (χ3v) is 8.29. The van der Waals surface area contributed by atoms with Crippen LogP contribution in [0.5, 0.6) is 0 Å². The number of nitrogens with zero attached hydrogens (tertiary/aromatic N) is 4. The number of rotatable bonds is 3. The van der Waals surface area contributed by atoms with Crippen LogP contribution < -0.4 is 0 Å². The molecule has 3 aromatic carbocycles. The van der Waals surface area contributed by atoms with E-state index in [2.05, 4.69) is 6.58 Å². The number of likely N-dealkylation sites (N-methyl/N-ethyl adjacent to an activating group) is 4. The standard InChI is InChI=1S/C17H13NO2.C11H9NO2.2C6H7NO2/c1-18-16(19)14(12-8-4-2-5-9-12)15(17(18)20)13-10-6-3-7-11-13;1-12-10(13)7-9(11(12)14)8-5-3-2-4-6-8;2*1-4-3-5(8)7(2)6(4)9/h2-11H,1H3;2-7H,1H3;3H,1-2H3;1,3H2,2H3. The number of carbonyl (C=O) groups is 8. The van der Waals surface area contributed by atoms with Gasteiger partial charge in [0.05, 0.1) is 23.1 Å². The summed E-state index contributed by atoms with van der Waals surface area (Å²) >= 11 is 0. The summed E-state index contributed by atoms with van der Waals surface area (Å²) in [5.41, 5.74) is 4.66. The second kappa shape index (κ2) is 16.3. The molecule has 0 aliphatic carbocycles. The topological polar surface area (TPSA) is 150 Å². The summed E-state index contributed by atoms with van der Waals surface area (Å²) in [4.78, 5) is 94.6. The van der Waals surface area contributed by atoms with Gasteiger partial charge in [-0.25, -0.2) is 0 Å². The fraction of sp³-hybridized carbons (Fsp3) is 0.150. The van der Waals surface area contributed by atoms with E-state index in [1.54, 1.807) is 6.92 Å². The summed E-state index contributed by atoms with van der Waals surface area (Å²) in [7, 11) is 5.93. The molecule has 4 aliphatic heterocycles. The maximum absolute atomic E-state index is 12.3. The minimum Gasteiger partial charge on any atom is -0.282 e. The smallest absolute Gasteiger partial charge is 0.261 e. The van der Waals surface area contributed by atoms with E-state index >= 15 is 0 Å². The fourth-order valence-corrected chi connectivity index (χ4v) is 5.21. The van der Waals surface area contributed by atoms with Crippen LogP contribution in [0.25, 0.3) is 16.7 Å². The van der Waals surface area contributed by atoms with Gasteiger partial charge in [-0.1, -0.05) is 97.6 Å². The normalized spacial score (nSPS) is 16.8. The highest BCUT2D eigenvalue weighted by molar-refractivity contribution is 6.48. The molecule has 0 N–H and O–H groups in total. The van der Waals surface area contributed by atoms with Crippen molar-refractivity contribution in [3.05, 3.63) is 138 Å². The van der Waals surface area contributed by atoms with E-state index in [1.807, 2.05) is 91.0 Å². The Morgan fingerprint density at radius 3 is 1.13 bits per heavy atom. The molecule has 12 nitrogen and oxygen atoms in total. The first-order chi connectivity index (χ1) is 24.6. The SMILES string of the molecule is C=C1CC(=O)N(C)C1=O.CC1=CC(=O)N(C)C1=O.CN1C(=O)C(c2ccccc2)=C(c2ccccc2)C1=O.CN1C(=O)C=C(c2ccccc2)C1=O. The highest BCUT2D eigenvalue weighted by Gasteiger charge is 2.37. The lowest BCUT2D eigenvalue weighted by atomic mass is 9.96. The molecule has 8 amide bonds. The summed E-state index contributed by atoms with van der Waals surface area (Å²) in [6.07, 6.45) is 2.90. The number of amides is 8. The van der Waals surface area contributed by atoms with Crippen LogP contribution in [-0.2, 0) is 38.4 Å². The van der Waals surface area contributed by atoms with Gasteiger partial charge in [-0.3, -0.25) is 58.0 Å². The van der Waals surface area contributed by atoms with Gasteiger partial charge < -0.3 is 0 Å². The van der Waals surface area contributed by atoms with Crippen molar-refractivity contribution in [2.45, 2.75) is 13.3 Å². The molecule has 264 valence electrons. The van der Waals surface area contributed by atoms with Gasteiger partial charge in [0.1, 0.15) is 0 Å². The van der Waals surface area contributed by atoms with Crippen molar-refractivity contribution < 1.29 is 38.4 Å².